The van der Waals surface area contributed by atoms with Crippen LogP contribution in [0, 0.1) is 5.92 Å². The summed E-state index contributed by atoms with van der Waals surface area (Å²) >= 11 is 4.76. The molecule has 0 radical (unpaired) electrons. The Labute approximate surface area is 146 Å². The second-order valence-electron chi connectivity index (χ2n) is 5.44. The molecular formula is C14H18N2O4S3. The number of aromatic amines is 1. The molecule has 3 N–H and O–H groups in total. The molecule has 2 fully saturated rings. The van der Waals surface area contributed by atoms with Gasteiger partial charge in [0.1, 0.15) is 0 Å². The van der Waals surface area contributed by atoms with Crippen molar-refractivity contribution >= 4 is 47.2 Å². The van der Waals surface area contributed by atoms with Crippen molar-refractivity contribution < 1.29 is 19.8 Å². The number of carboxylic acids is 1. The van der Waals surface area contributed by atoms with E-state index in [-0.39, 0.29) is 15.9 Å². The standard InChI is InChI=1S/C14H18N2O4S3/c1-7(17)9-11(18)16-10(13(19)20)14(23-12(9)16)22-6-5-21-8-3-2-4-15-8/h2-4,7,9-10,12,14-15,17H,5-6H2,1H3,(H,19,20)/t7?,9-,10?,12+,14?/m0/s1. The molecule has 3 heterocycles. The van der Waals surface area contributed by atoms with Gasteiger partial charge in [-0.3, -0.25) is 4.79 Å². The summed E-state index contributed by atoms with van der Waals surface area (Å²) in [6.07, 6.45) is 1.13. The van der Waals surface area contributed by atoms with Crippen LogP contribution in [0.4, 0.5) is 0 Å². The summed E-state index contributed by atoms with van der Waals surface area (Å²) in [6, 6.07) is 3.14. The first-order chi connectivity index (χ1) is 11.0. The Morgan fingerprint density at radius 2 is 2.30 bits per heavy atom. The van der Waals surface area contributed by atoms with Gasteiger partial charge in [-0.25, -0.2) is 4.79 Å². The zero-order valence-corrected chi connectivity index (χ0v) is 14.9. The Kier molecular flexibility index (Phi) is 5.19. The summed E-state index contributed by atoms with van der Waals surface area (Å²) in [6.45, 7) is 1.59. The van der Waals surface area contributed by atoms with Gasteiger partial charge in [0, 0.05) is 17.7 Å². The molecule has 5 atom stereocenters. The fourth-order valence-electron chi connectivity index (χ4n) is 2.83. The van der Waals surface area contributed by atoms with Crippen LogP contribution in [0.3, 0.4) is 0 Å². The zero-order valence-electron chi connectivity index (χ0n) is 12.4. The maximum atomic E-state index is 12.1. The van der Waals surface area contributed by atoms with Gasteiger partial charge in [0.2, 0.25) is 5.91 Å². The molecule has 2 saturated heterocycles. The molecular weight excluding hydrogens is 356 g/mol. The topological polar surface area (TPSA) is 93.6 Å². The molecule has 2 aliphatic heterocycles. The molecule has 3 rings (SSSR count). The van der Waals surface area contributed by atoms with Crippen LogP contribution in [0.2, 0.25) is 0 Å². The van der Waals surface area contributed by atoms with Crippen molar-refractivity contribution in [2.75, 3.05) is 11.5 Å². The third-order valence-electron chi connectivity index (χ3n) is 3.92. The van der Waals surface area contributed by atoms with Crippen LogP contribution in [0.25, 0.3) is 0 Å². The number of hydrogen-bond donors (Lipinski definition) is 3. The number of H-pyrrole nitrogens is 1. The van der Waals surface area contributed by atoms with Gasteiger partial charge in [0.15, 0.2) is 6.04 Å². The van der Waals surface area contributed by atoms with Crippen LogP contribution < -0.4 is 0 Å². The average Bonchev–Trinajstić information content (AvgIpc) is 3.09. The number of aliphatic carboxylic acids is 1. The smallest absolute Gasteiger partial charge is 0.328 e. The second-order valence-corrected chi connectivity index (χ2v) is 9.39. The third-order valence-corrected chi connectivity index (χ3v) is 8.24. The lowest BCUT2D eigenvalue weighted by molar-refractivity contribution is -0.166. The Bertz CT molecular complexity index is 581. The fraction of sp³-hybridized carbons (Fsp3) is 0.571. The lowest BCUT2D eigenvalue weighted by atomic mass is 9.91. The highest BCUT2D eigenvalue weighted by Gasteiger charge is 2.61. The molecule has 0 aliphatic carbocycles. The molecule has 2 aliphatic rings. The van der Waals surface area contributed by atoms with Gasteiger partial charge in [-0.15, -0.1) is 35.3 Å². The minimum absolute atomic E-state index is 0.186. The van der Waals surface area contributed by atoms with Gasteiger partial charge in [-0.2, -0.15) is 0 Å². The number of nitrogens with zero attached hydrogens (tertiary/aromatic N) is 1. The number of carbonyl (C=O) groups is 2. The number of thioether (sulfide) groups is 3. The van der Waals surface area contributed by atoms with Gasteiger partial charge in [0.05, 0.1) is 27.0 Å². The molecule has 6 nitrogen and oxygen atoms in total. The summed E-state index contributed by atoms with van der Waals surface area (Å²) < 4.78 is -0.186. The number of amides is 1. The number of carbonyl (C=O) groups excluding carboxylic acids is 1. The van der Waals surface area contributed by atoms with Gasteiger partial charge in [-0.05, 0) is 19.1 Å². The number of nitrogens with one attached hydrogen (secondary N) is 1. The first-order valence-corrected chi connectivity index (χ1v) is 10.2. The first-order valence-electron chi connectivity index (χ1n) is 7.27. The molecule has 1 amide bonds. The summed E-state index contributed by atoms with van der Waals surface area (Å²) in [7, 11) is 0. The monoisotopic (exact) mass is 374 g/mol. The Balaban J connectivity index is 1.56. The van der Waals surface area contributed by atoms with Gasteiger partial charge in [0.25, 0.3) is 0 Å². The van der Waals surface area contributed by atoms with Crippen LogP contribution in [0.15, 0.2) is 23.4 Å². The SMILES string of the molecule is CC(O)[C@H]1C(=O)N2C(C(=O)O)C(SCCSc3ccc[nH]3)S[C@H]12. The number of aliphatic hydroxyl groups excluding tert-OH is 1. The zero-order chi connectivity index (χ0) is 16.6. The number of aromatic nitrogens is 1. The fourth-order valence-corrected chi connectivity index (χ4v) is 7.25. The molecule has 3 unspecified atom stereocenters. The number of hydrogen-bond acceptors (Lipinski definition) is 6. The molecule has 0 saturated carbocycles. The highest BCUT2D eigenvalue weighted by molar-refractivity contribution is 8.18. The van der Waals surface area contributed by atoms with Crippen molar-refractivity contribution in [2.45, 2.75) is 34.1 Å². The van der Waals surface area contributed by atoms with Crippen molar-refractivity contribution in [1.82, 2.24) is 9.88 Å². The largest absolute Gasteiger partial charge is 0.480 e. The van der Waals surface area contributed by atoms with Crippen LogP contribution in [0.5, 0.6) is 0 Å². The molecule has 0 bridgehead atoms. The average molecular weight is 375 g/mol. The van der Waals surface area contributed by atoms with Gasteiger partial charge >= 0.3 is 5.97 Å². The molecule has 0 spiro atoms. The molecule has 0 aromatic carbocycles. The summed E-state index contributed by atoms with van der Waals surface area (Å²) in [5.74, 6) is -0.00637. The van der Waals surface area contributed by atoms with E-state index in [2.05, 4.69) is 4.98 Å². The predicted molar refractivity (Wildman–Crippen MR) is 92.6 cm³/mol. The van der Waals surface area contributed by atoms with E-state index in [1.165, 1.54) is 16.7 Å². The molecule has 1 aromatic rings. The summed E-state index contributed by atoms with van der Waals surface area (Å²) in [5.41, 5.74) is 0. The summed E-state index contributed by atoms with van der Waals surface area (Å²) in [4.78, 5) is 28.2. The predicted octanol–water partition coefficient (Wildman–Crippen LogP) is 1.53. The van der Waals surface area contributed by atoms with Crippen molar-refractivity contribution in [3.63, 3.8) is 0 Å². The lowest BCUT2D eigenvalue weighted by Crippen LogP contribution is -2.64. The van der Waals surface area contributed by atoms with Crippen LogP contribution in [-0.4, -0.2) is 65.6 Å². The Hall–Kier alpha value is -0.770. The Morgan fingerprint density at radius 1 is 1.52 bits per heavy atom. The highest BCUT2D eigenvalue weighted by atomic mass is 32.2. The van der Waals surface area contributed by atoms with E-state index in [0.29, 0.717) is 0 Å². The number of fused-ring (bicyclic) bond motifs is 1. The van der Waals surface area contributed by atoms with Gasteiger partial charge in [-0.1, -0.05) is 0 Å². The van der Waals surface area contributed by atoms with E-state index in [4.69, 9.17) is 0 Å². The number of β-lactam (4-membered cyclic amide) rings is 1. The van der Waals surface area contributed by atoms with E-state index < -0.39 is 24.0 Å². The molecule has 126 valence electrons. The minimum atomic E-state index is -0.966. The molecule has 9 heteroatoms. The van der Waals surface area contributed by atoms with Crippen molar-refractivity contribution in [2.24, 2.45) is 5.92 Å². The maximum absolute atomic E-state index is 12.1. The van der Waals surface area contributed by atoms with Crippen molar-refractivity contribution in [3.05, 3.63) is 18.3 Å². The highest BCUT2D eigenvalue weighted by Crippen LogP contribution is 2.52. The summed E-state index contributed by atoms with van der Waals surface area (Å²) in [5, 5.41) is 20.0. The van der Waals surface area contributed by atoms with E-state index in [1.54, 1.807) is 30.4 Å². The third kappa shape index (κ3) is 3.24. The quantitative estimate of drug-likeness (QED) is 0.379. The molecule has 23 heavy (non-hydrogen) atoms. The van der Waals surface area contributed by atoms with Crippen LogP contribution in [-0.2, 0) is 9.59 Å². The van der Waals surface area contributed by atoms with E-state index in [9.17, 15) is 19.8 Å². The van der Waals surface area contributed by atoms with Crippen LogP contribution in [0.1, 0.15) is 6.92 Å². The normalized spacial score (nSPS) is 30.9. The number of aliphatic hydroxyl groups is 1. The lowest BCUT2D eigenvalue weighted by Gasteiger charge is -2.44. The van der Waals surface area contributed by atoms with Crippen molar-refractivity contribution in [1.29, 1.82) is 0 Å². The number of rotatable bonds is 7. The van der Waals surface area contributed by atoms with E-state index in [0.717, 1.165) is 16.5 Å². The Morgan fingerprint density at radius 3 is 2.91 bits per heavy atom. The van der Waals surface area contributed by atoms with E-state index >= 15 is 0 Å². The van der Waals surface area contributed by atoms with E-state index in [1.807, 2.05) is 18.3 Å². The molecule has 1 aromatic heterocycles. The maximum Gasteiger partial charge on any atom is 0.328 e. The minimum Gasteiger partial charge on any atom is -0.480 e. The van der Waals surface area contributed by atoms with Gasteiger partial charge < -0.3 is 20.1 Å². The van der Waals surface area contributed by atoms with Crippen molar-refractivity contribution in [3.8, 4) is 0 Å². The first kappa shape index (κ1) is 17.1. The second kappa shape index (κ2) is 7.00. The number of carboxylic acid groups (broad SMARTS) is 1. The van der Waals surface area contributed by atoms with Crippen LogP contribution >= 0.6 is 35.3 Å².